The fourth-order valence-corrected chi connectivity index (χ4v) is 2.29. The number of nitrogens with one attached hydrogen (secondary N) is 2. The van der Waals surface area contributed by atoms with Crippen molar-refractivity contribution in [2.75, 3.05) is 6.54 Å². The van der Waals surface area contributed by atoms with Gasteiger partial charge in [0.1, 0.15) is 5.82 Å². The average Bonchev–Trinajstić information content (AvgIpc) is 2.55. The molecule has 0 radical (unpaired) electrons. The van der Waals surface area contributed by atoms with E-state index in [-0.39, 0.29) is 23.2 Å². The SMILES string of the molecule is CC(C)(C)NC(=O)c1cccc(C(=O)NCCc2ccc(F)cc2)c1. The van der Waals surface area contributed by atoms with E-state index in [1.54, 1.807) is 36.4 Å². The molecule has 2 rings (SSSR count). The molecule has 0 heterocycles. The van der Waals surface area contributed by atoms with Crippen LogP contribution in [-0.4, -0.2) is 23.9 Å². The van der Waals surface area contributed by atoms with Gasteiger partial charge in [-0.2, -0.15) is 0 Å². The Bertz CT molecular complexity index is 749. The molecular formula is C20H23FN2O2. The lowest BCUT2D eigenvalue weighted by molar-refractivity contribution is 0.0919. The van der Waals surface area contributed by atoms with Crippen molar-refractivity contribution in [3.05, 3.63) is 71.0 Å². The Labute approximate surface area is 147 Å². The minimum absolute atomic E-state index is 0.214. The van der Waals surface area contributed by atoms with Gasteiger partial charge in [-0.1, -0.05) is 18.2 Å². The maximum atomic E-state index is 12.9. The average molecular weight is 342 g/mol. The highest BCUT2D eigenvalue weighted by molar-refractivity contribution is 5.99. The largest absolute Gasteiger partial charge is 0.352 e. The summed E-state index contributed by atoms with van der Waals surface area (Å²) in [6.07, 6.45) is 0.607. The topological polar surface area (TPSA) is 58.2 Å². The Hall–Kier alpha value is -2.69. The van der Waals surface area contributed by atoms with E-state index in [1.165, 1.54) is 12.1 Å². The van der Waals surface area contributed by atoms with Crippen molar-refractivity contribution in [2.45, 2.75) is 32.7 Å². The van der Waals surface area contributed by atoms with Crippen LogP contribution in [0.25, 0.3) is 0 Å². The highest BCUT2D eigenvalue weighted by Crippen LogP contribution is 2.08. The quantitative estimate of drug-likeness (QED) is 0.876. The summed E-state index contributed by atoms with van der Waals surface area (Å²) in [6.45, 7) is 6.13. The van der Waals surface area contributed by atoms with Gasteiger partial charge in [-0.25, -0.2) is 4.39 Å². The molecule has 0 aliphatic rings. The van der Waals surface area contributed by atoms with Gasteiger partial charge in [-0.05, 0) is 63.1 Å². The summed E-state index contributed by atoms with van der Waals surface area (Å²) in [7, 11) is 0. The van der Waals surface area contributed by atoms with Crippen LogP contribution in [0.4, 0.5) is 4.39 Å². The Balaban J connectivity index is 1.94. The molecule has 4 nitrogen and oxygen atoms in total. The number of halogens is 1. The summed E-state index contributed by atoms with van der Waals surface area (Å²) < 4.78 is 12.9. The molecule has 0 atom stereocenters. The Morgan fingerprint density at radius 2 is 1.56 bits per heavy atom. The predicted molar refractivity (Wildman–Crippen MR) is 96.1 cm³/mol. The number of hydrogen-bond donors (Lipinski definition) is 2. The van der Waals surface area contributed by atoms with Gasteiger partial charge in [-0.3, -0.25) is 9.59 Å². The summed E-state index contributed by atoms with van der Waals surface area (Å²) in [4.78, 5) is 24.4. The minimum Gasteiger partial charge on any atom is -0.352 e. The number of carbonyl (C=O) groups excluding carboxylic acids is 2. The van der Waals surface area contributed by atoms with Crippen LogP contribution in [0.15, 0.2) is 48.5 Å². The van der Waals surface area contributed by atoms with Gasteiger partial charge in [0.15, 0.2) is 0 Å². The zero-order chi connectivity index (χ0) is 18.4. The number of amides is 2. The van der Waals surface area contributed by atoms with Crippen LogP contribution in [0.5, 0.6) is 0 Å². The standard InChI is InChI=1S/C20H23FN2O2/c1-20(2,3)23-19(25)16-6-4-5-15(13-16)18(24)22-12-11-14-7-9-17(21)10-8-14/h4-10,13H,11-12H2,1-3H3,(H,22,24)(H,23,25). The fraction of sp³-hybridized carbons (Fsp3) is 0.300. The highest BCUT2D eigenvalue weighted by Gasteiger charge is 2.16. The molecule has 2 N–H and O–H groups in total. The van der Waals surface area contributed by atoms with Crippen LogP contribution in [0.3, 0.4) is 0 Å². The lowest BCUT2D eigenvalue weighted by Gasteiger charge is -2.20. The lowest BCUT2D eigenvalue weighted by atomic mass is 10.1. The number of benzene rings is 2. The maximum absolute atomic E-state index is 12.9. The predicted octanol–water partition coefficient (Wildman–Crippen LogP) is 3.33. The molecule has 2 amide bonds. The van der Waals surface area contributed by atoms with Gasteiger partial charge in [0.25, 0.3) is 11.8 Å². The van der Waals surface area contributed by atoms with Crippen LogP contribution < -0.4 is 10.6 Å². The van der Waals surface area contributed by atoms with Gasteiger partial charge in [0.05, 0.1) is 0 Å². The normalized spacial score (nSPS) is 11.0. The summed E-state index contributed by atoms with van der Waals surface area (Å²) in [5.41, 5.74) is 1.48. The Morgan fingerprint density at radius 3 is 2.16 bits per heavy atom. The molecule has 0 aliphatic carbocycles. The van der Waals surface area contributed by atoms with E-state index >= 15 is 0 Å². The van der Waals surface area contributed by atoms with Gasteiger partial charge in [0, 0.05) is 23.2 Å². The van der Waals surface area contributed by atoms with E-state index in [1.807, 2.05) is 20.8 Å². The first-order valence-corrected chi connectivity index (χ1v) is 8.20. The number of hydrogen-bond acceptors (Lipinski definition) is 2. The van der Waals surface area contributed by atoms with E-state index in [0.717, 1.165) is 5.56 Å². The van der Waals surface area contributed by atoms with Crippen molar-refractivity contribution in [3.8, 4) is 0 Å². The van der Waals surface area contributed by atoms with E-state index in [9.17, 15) is 14.0 Å². The van der Waals surface area contributed by atoms with Crippen LogP contribution in [0, 0.1) is 5.82 Å². The molecule has 0 aliphatic heterocycles. The summed E-state index contributed by atoms with van der Waals surface area (Å²) in [5, 5.41) is 5.68. The molecule has 0 bridgehead atoms. The first kappa shape index (κ1) is 18.6. The molecule has 0 aromatic heterocycles. The van der Waals surface area contributed by atoms with Crippen LogP contribution in [-0.2, 0) is 6.42 Å². The van der Waals surface area contributed by atoms with Gasteiger partial charge in [0.2, 0.25) is 0 Å². The molecule has 2 aromatic carbocycles. The molecule has 5 heteroatoms. The minimum atomic E-state index is -0.343. The van der Waals surface area contributed by atoms with E-state index in [0.29, 0.717) is 24.1 Å². The molecule has 0 fully saturated rings. The molecule has 25 heavy (non-hydrogen) atoms. The molecule has 0 saturated carbocycles. The molecule has 0 spiro atoms. The maximum Gasteiger partial charge on any atom is 0.251 e. The third-order valence-corrected chi connectivity index (χ3v) is 3.49. The van der Waals surface area contributed by atoms with Crippen molar-refractivity contribution in [1.82, 2.24) is 10.6 Å². The van der Waals surface area contributed by atoms with Crippen LogP contribution >= 0.6 is 0 Å². The smallest absolute Gasteiger partial charge is 0.251 e. The van der Waals surface area contributed by atoms with Gasteiger partial charge >= 0.3 is 0 Å². The van der Waals surface area contributed by atoms with E-state index < -0.39 is 0 Å². The van der Waals surface area contributed by atoms with Crippen molar-refractivity contribution in [3.63, 3.8) is 0 Å². The second-order valence-electron chi connectivity index (χ2n) is 6.92. The molecule has 132 valence electrons. The molecule has 0 unspecified atom stereocenters. The Morgan fingerprint density at radius 1 is 0.960 bits per heavy atom. The van der Waals surface area contributed by atoms with E-state index in [2.05, 4.69) is 10.6 Å². The number of carbonyl (C=O) groups is 2. The van der Waals surface area contributed by atoms with Crippen LogP contribution in [0.1, 0.15) is 47.1 Å². The molecular weight excluding hydrogens is 319 g/mol. The molecule has 2 aromatic rings. The van der Waals surface area contributed by atoms with Gasteiger partial charge < -0.3 is 10.6 Å². The third kappa shape index (κ3) is 6.03. The second-order valence-corrected chi connectivity index (χ2v) is 6.92. The first-order chi connectivity index (χ1) is 11.7. The third-order valence-electron chi connectivity index (χ3n) is 3.49. The van der Waals surface area contributed by atoms with Crippen molar-refractivity contribution >= 4 is 11.8 Å². The second kappa shape index (κ2) is 7.92. The van der Waals surface area contributed by atoms with E-state index in [4.69, 9.17) is 0 Å². The Kier molecular flexibility index (Phi) is 5.91. The summed E-state index contributed by atoms with van der Waals surface area (Å²) >= 11 is 0. The zero-order valence-electron chi connectivity index (χ0n) is 14.7. The van der Waals surface area contributed by atoms with Crippen molar-refractivity contribution in [1.29, 1.82) is 0 Å². The number of rotatable bonds is 5. The van der Waals surface area contributed by atoms with Crippen molar-refractivity contribution < 1.29 is 14.0 Å². The zero-order valence-corrected chi connectivity index (χ0v) is 14.7. The van der Waals surface area contributed by atoms with Crippen LogP contribution in [0.2, 0.25) is 0 Å². The summed E-state index contributed by atoms with van der Waals surface area (Å²) in [6, 6.07) is 12.8. The first-order valence-electron chi connectivity index (χ1n) is 8.20. The van der Waals surface area contributed by atoms with Gasteiger partial charge in [-0.15, -0.1) is 0 Å². The molecule has 0 saturated heterocycles. The fourth-order valence-electron chi connectivity index (χ4n) is 2.29. The highest BCUT2D eigenvalue weighted by atomic mass is 19.1. The summed E-state index contributed by atoms with van der Waals surface area (Å²) in [5.74, 6) is -0.737. The lowest BCUT2D eigenvalue weighted by Crippen LogP contribution is -2.40. The monoisotopic (exact) mass is 342 g/mol. The van der Waals surface area contributed by atoms with Crippen molar-refractivity contribution in [2.24, 2.45) is 0 Å².